The maximum Gasteiger partial charge on any atom is 0.167 e. The summed E-state index contributed by atoms with van der Waals surface area (Å²) in [6.07, 6.45) is 1.24. The lowest BCUT2D eigenvalue weighted by atomic mass is 9.86. The quantitative estimate of drug-likeness (QED) is 0.810. The second kappa shape index (κ2) is 5.05. The summed E-state index contributed by atoms with van der Waals surface area (Å²) >= 11 is 0. The van der Waals surface area contributed by atoms with Gasteiger partial charge in [0, 0.05) is 23.8 Å². The van der Waals surface area contributed by atoms with Crippen LogP contribution in [0, 0.1) is 11.8 Å². The fraction of sp³-hybridized carbons (Fsp3) is 0.500. The van der Waals surface area contributed by atoms with Crippen LogP contribution in [0.25, 0.3) is 0 Å². The van der Waals surface area contributed by atoms with Crippen molar-refractivity contribution < 1.29 is 9.59 Å². The van der Waals surface area contributed by atoms with E-state index in [1.54, 1.807) is 0 Å². The third kappa shape index (κ3) is 2.12. The molecule has 1 aromatic rings. The largest absolute Gasteiger partial charge is 0.299 e. The van der Waals surface area contributed by atoms with Gasteiger partial charge in [-0.2, -0.15) is 0 Å². The molecular weight excluding hydrogens is 224 g/mol. The van der Waals surface area contributed by atoms with Gasteiger partial charge in [0.2, 0.25) is 0 Å². The number of fused-ring (bicyclic) bond motifs is 1. The minimum atomic E-state index is -0.149. The molecule has 0 spiro atoms. The summed E-state index contributed by atoms with van der Waals surface area (Å²) in [5.41, 5.74) is 1.91. The van der Waals surface area contributed by atoms with Crippen LogP contribution >= 0.6 is 0 Å². The smallest absolute Gasteiger partial charge is 0.167 e. The van der Waals surface area contributed by atoms with Crippen molar-refractivity contribution in [3.8, 4) is 0 Å². The highest BCUT2D eigenvalue weighted by Crippen LogP contribution is 2.39. The van der Waals surface area contributed by atoms with Crippen LogP contribution in [0.1, 0.15) is 55.5 Å². The average Bonchev–Trinajstić information content (AvgIpc) is 2.63. The molecule has 0 fully saturated rings. The summed E-state index contributed by atoms with van der Waals surface area (Å²) in [6, 6.07) is 7.73. The first kappa shape index (κ1) is 13.0. The predicted molar refractivity (Wildman–Crippen MR) is 71.8 cm³/mol. The van der Waals surface area contributed by atoms with Crippen LogP contribution in [0.4, 0.5) is 0 Å². The first-order chi connectivity index (χ1) is 8.56. The van der Waals surface area contributed by atoms with Crippen molar-refractivity contribution in [2.24, 2.45) is 11.8 Å². The lowest BCUT2D eigenvalue weighted by molar-refractivity contribution is -0.123. The van der Waals surface area contributed by atoms with Crippen LogP contribution < -0.4 is 0 Å². The van der Waals surface area contributed by atoms with E-state index < -0.39 is 0 Å². The number of hydrogen-bond acceptors (Lipinski definition) is 2. The van der Waals surface area contributed by atoms with Gasteiger partial charge in [-0.05, 0) is 17.9 Å². The molecule has 2 heteroatoms. The van der Waals surface area contributed by atoms with Gasteiger partial charge in [-0.15, -0.1) is 0 Å². The molecule has 0 saturated carbocycles. The highest BCUT2D eigenvalue weighted by atomic mass is 16.1. The number of rotatable bonds is 4. The van der Waals surface area contributed by atoms with Gasteiger partial charge in [-0.1, -0.05) is 45.0 Å². The lowest BCUT2D eigenvalue weighted by Crippen LogP contribution is -2.20. The summed E-state index contributed by atoms with van der Waals surface area (Å²) in [7, 11) is 0. The first-order valence-corrected chi connectivity index (χ1v) is 6.72. The number of benzene rings is 1. The fourth-order valence-corrected chi connectivity index (χ4v) is 2.68. The summed E-state index contributed by atoms with van der Waals surface area (Å²) in [5, 5.41) is 0. The number of carbonyl (C=O) groups is 2. The molecule has 1 aromatic carbocycles. The maximum absolute atomic E-state index is 12.3. The zero-order valence-corrected chi connectivity index (χ0v) is 11.3. The van der Waals surface area contributed by atoms with E-state index in [1.165, 1.54) is 0 Å². The Balaban J connectivity index is 2.19. The van der Waals surface area contributed by atoms with E-state index in [2.05, 4.69) is 6.92 Å². The van der Waals surface area contributed by atoms with Crippen molar-refractivity contribution in [3.05, 3.63) is 35.4 Å². The molecule has 2 rings (SSSR count). The molecule has 1 aliphatic carbocycles. The van der Waals surface area contributed by atoms with E-state index in [1.807, 2.05) is 38.1 Å². The van der Waals surface area contributed by atoms with Crippen LogP contribution in [-0.4, -0.2) is 11.6 Å². The predicted octanol–water partition coefficient (Wildman–Crippen LogP) is 3.61. The van der Waals surface area contributed by atoms with Gasteiger partial charge in [-0.25, -0.2) is 0 Å². The number of ketones is 2. The Kier molecular flexibility index (Phi) is 3.65. The van der Waals surface area contributed by atoms with E-state index in [-0.39, 0.29) is 29.3 Å². The molecule has 0 bridgehead atoms. The Morgan fingerprint density at radius 3 is 2.61 bits per heavy atom. The normalized spacial score (nSPS) is 23.8. The van der Waals surface area contributed by atoms with Crippen molar-refractivity contribution in [3.63, 3.8) is 0 Å². The van der Waals surface area contributed by atoms with E-state index in [0.717, 1.165) is 17.5 Å². The second-order valence-corrected chi connectivity index (χ2v) is 5.33. The Bertz CT molecular complexity index is 476. The Morgan fingerprint density at radius 1 is 1.33 bits per heavy atom. The first-order valence-electron chi connectivity index (χ1n) is 6.72. The third-order valence-corrected chi connectivity index (χ3v) is 4.24. The van der Waals surface area contributed by atoms with Crippen molar-refractivity contribution in [2.75, 3.05) is 0 Å². The van der Waals surface area contributed by atoms with Crippen molar-refractivity contribution in [2.45, 2.75) is 39.5 Å². The van der Waals surface area contributed by atoms with Gasteiger partial charge in [-0.3, -0.25) is 9.59 Å². The molecule has 0 heterocycles. The zero-order valence-electron chi connectivity index (χ0n) is 11.3. The molecule has 3 unspecified atom stereocenters. The van der Waals surface area contributed by atoms with Crippen LogP contribution in [0.5, 0.6) is 0 Å². The summed E-state index contributed by atoms with van der Waals surface area (Å²) in [5.74, 6) is 0.449. The molecule has 0 N–H and O–H groups in total. The van der Waals surface area contributed by atoms with Crippen LogP contribution in [0.2, 0.25) is 0 Å². The van der Waals surface area contributed by atoms with Crippen LogP contribution in [0.3, 0.4) is 0 Å². The molecule has 0 amide bonds. The van der Waals surface area contributed by atoms with Gasteiger partial charge < -0.3 is 0 Å². The fourth-order valence-electron chi connectivity index (χ4n) is 2.68. The molecule has 0 saturated heterocycles. The van der Waals surface area contributed by atoms with Crippen molar-refractivity contribution in [1.29, 1.82) is 0 Å². The Hall–Kier alpha value is -1.44. The summed E-state index contributed by atoms with van der Waals surface area (Å²) in [4.78, 5) is 24.3. The van der Waals surface area contributed by atoms with Gasteiger partial charge in [0.25, 0.3) is 0 Å². The SMILES string of the molecule is CCC(C)C(=O)CC1C(=O)c2ccccc2C1C. The number of Topliss-reactive ketones (excluding diaryl/α,β-unsaturated/α-hetero) is 2. The average molecular weight is 244 g/mol. The van der Waals surface area contributed by atoms with Crippen molar-refractivity contribution in [1.82, 2.24) is 0 Å². The van der Waals surface area contributed by atoms with Crippen LogP contribution in [0.15, 0.2) is 24.3 Å². The monoisotopic (exact) mass is 244 g/mol. The minimum Gasteiger partial charge on any atom is -0.299 e. The highest BCUT2D eigenvalue weighted by Gasteiger charge is 2.38. The Labute approximate surface area is 108 Å². The lowest BCUT2D eigenvalue weighted by Gasteiger charge is -2.16. The Morgan fingerprint density at radius 2 is 2.00 bits per heavy atom. The van der Waals surface area contributed by atoms with E-state index in [0.29, 0.717) is 6.42 Å². The molecule has 18 heavy (non-hydrogen) atoms. The van der Waals surface area contributed by atoms with Gasteiger partial charge in [0.15, 0.2) is 5.78 Å². The molecule has 0 aliphatic heterocycles. The summed E-state index contributed by atoms with van der Waals surface area (Å²) < 4.78 is 0. The van der Waals surface area contributed by atoms with E-state index >= 15 is 0 Å². The van der Waals surface area contributed by atoms with Crippen LogP contribution in [-0.2, 0) is 4.79 Å². The second-order valence-electron chi connectivity index (χ2n) is 5.33. The maximum atomic E-state index is 12.3. The van der Waals surface area contributed by atoms with Gasteiger partial charge >= 0.3 is 0 Å². The number of carbonyl (C=O) groups excluding carboxylic acids is 2. The minimum absolute atomic E-state index is 0.0636. The van der Waals surface area contributed by atoms with Gasteiger partial charge in [0.1, 0.15) is 5.78 Å². The third-order valence-electron chi connectivity index (χ3n) is 4.24. The highest BCUT2D eigenvalue weighted by molar-refractivity contribution is 6.05. The van der Waals surface area contributed by atoms with Gasteiger partial charge in [0.05, 0.1) is 0 Å². The van der Waals surface area contributed by atoms with E-state index in [4.69, 9.17) is 0 Å². The molecule has 0 aromatic heterocycles. The number of hydrogen-bond donors (Lipinski definition) is 0. The topological polar surface area (TPSA) is 34.1 Å². The molecular formula is C16H20O2. The molecule has 0 radical (unpaired) electrons. The standard InChI is InChI=1S/C16H20O2/c1-4-10(2)15(17)9-14-11(3)12-7-5-6-8-13(12)16(14)18/h5-8,10-11,14H,4,9H2,1-3H3. The van der Waals surface area contributed by atoms with E-state index in [9.17, 15) is 9.59 Å². The molecule has 2 nitrogen and oxygen atoms in total. The van der Waals surface area contributed by atoms with Crippen molar-refractivity contribution >= 4 is 11.6 Å². The molecule has 1 aliphatic rings. The zero-order chi connectivity index (χ0) is 13.3. The molecule has 96 valence electrons. The summed E-state index contributed by atoms with van der Waals surface area (Å²) in [6.45, 7) is 6.01. The molecule has 3 atom stereocenters.